The van der Waals surface area contributed by atoms with E-state index in [4.69, 9.17) is 14.9 Å². The van der Waals surface area contributed by atoms with Gasteiger partial charge in [0, 0.05) is 28.7 Å². The van der Waals surface area contributed by atoms with Gasteiger partial charge >= 0.3 is 0 Å². The van der Waals surface area contributed by atoms with Crippen molar-refractivity contribution in [3.05, 3.63) is 58.7 Å². The van der Waals surface area contributed by atoms with Crippen LogP contribution in [0.1, 0.15) is 90.5 Å². The van der Waals surface area contributed by atoms with Crippen molar-refractivity contribution in [3.63, 3.8) is 0 Å². The number of carbonyl (C=O) groups is 2. The standard InChI is InChI=1S/C30H34N4O5/c1-2-30-9-7-17-11-19(17)16-3-5-25-21(12-16)27(23(35)15-39-25)32-28(37)18-4-6-24-20(13-18)22(8-10-38-24)34(26(36)14-30)29(31)33-30/h3-6,12-13,17,19,22-23,27,35H,2,7-11,14-15H2,1H3,(H2,31,33)(H,32,37)/t17?,19?,22-,23-,27-,30-/m1/s1. The van der Waals surface area contributed by atoms with Gasteiger partial charge in [-0.05, 0) is 73.4 Å². The number of rotatable bonds is 1. The summed E-state index contributed by atoms with van der Waals surface area (Å²) < 4.78 is 11.7. The first-order chi connectivity index (χ1) is 18.9. The number of nitrogens with one attached hydrogen (secondary N) is 3. The fourth-order valence-electron chi connectivity index (χ4n) is 7.00. The Kier molecular flexibility index (Phi) is 5.63. The third-order valence-corrected chi connectivity index (χ3v) is 9.45. The minimum Gasteiger partial charge on any atom is -0.493 e. The molecule has 0 radical (unpaired) electrons. The number of hydrogen-bond acceptors (Lipinski definition) is 6. The minimum absolute atomic E-state index is 0.0627. The van der Waals surface area contributed by atoms with E-state index < -0.39 is 23.7 Å². The minimum atomic E-state index is -0.874. The Morgan fingerprint density at radius 1 is 1.10 bits per heavy atom. The van der Waals surface area contributed by atoms with Gasteiger partial charge in [0.05, 0.1) is 25.1 Å². The monoisotopic (exact) mass is 530 g/mol. The maximum Gasteiger partial charge on any atom is 0.251 e. The number of fused-ring (bicyclic) bond motifs is 4. The van der Waals surface area contributed by atoms with Gasteiger partial charge in [-0.25, -0.2) is 0 Å². The summed E-state index contributed by atoms with van der Waals surface area (Å²) in [6.07, 6.45) is 3.61. The number of aliphatic hydroxyl groups is 1. The SMILES string of the molecule is CC[C@]12CCC3CC3c3ccc4c(c3)[C@@H](NC(=O)c3ccc5c(c3)[C@@H](CCO5)N(C(=N)N1)C(=O)C2)[C@H](O)CO4. The Bertz CT molecular complexity index is 1360. The van der Waals surface area contributed by atoms with Crippen molar-refractivity contribution in [3.8, 4) is 11.5 Å². The van der Waals surface area contributed by atoms with Crippen molar-refractivity contribution in [2.45, 2.75) is 75.1 Å². The number of hydrogen-bond donors (Lipinski definition) is 4. The molecule has 2 aromatic carbocycles. The van der Waals surface area contributed by atoms with Gasteiger partial charge in [0.15, 0.2) is 5.96 Å². The lowest BCUT2D eigenvalue weighted by atomic mass is 9.83. The van der Waals surface area contributed by atoms with E-state index in [1.165, 1.54) is 5.56 Å². The Balaban J connectivity index is 1.31. The molecule has 5 aliphatic heterocycles. The predicted octanol–water partition coefficient (Wildman–Crippen LogP) is 3.54. The van der Waals surface area contributed by atoms with Crippen LogP contribution in [0.4, 0.5) is 0 Å². The topological polar surface area (TPSA) is 124 Å². The highest BCUT2D eigenvalue weighted by Crippen LogP contribution is 2.52. The lowest BCUT2D eigenvalue weighted by Crippen LogP contribution is -2.63. The number of benzene rings is 2. The molecule has 9 heteroatoms. The number of aliphatic hydroxyl groups excluding tert-OH is 1. The quantitative estimate of drug-likeness (QED) is 0.447. The van der Waals surface area contributed by atoms with Gasteiger partial charge in [0.1, 0.15) is 24.2 Å². The molecule has 2 amide bonds. The summed E-state index contributed by atoms with van der Waals surface area (Å²) in [6.45, 7) is 2.62. The van der Waals surface area contributed by atoms with Crippen molar-refractivity contribution < 1.29 is 24.2 Å². The number of guanidine groups is 1. The smallest absolute Gasteiger partial charge is 0.251 e. The molecular formula is C30H34N4O5. The lowest BCUT2D eigenvalue weighted by molar-refractivity contribution is -0.133. The van der Waals surface area contributed by atoms with Crippen molar-refractivity contribution in [2.24, 2.45) is 5.92 Å². The van der Waals surface area contributed by atoms with Crippen LogP contribution in [0.2, 0.25) is 0 Å². The number of nitrogens with zero attached hydrogens (tertiary/aromatic N) is 1. The Morgan fingerprint density at radius 3 is 2.74 bits per heavy atom. The number of ether oxygens (including phenoxy) is 2. The fourth-order valence-corrected chi connectivity index (χ4v) is 7.00. The molecule has 204 valence electrons. The van der Waals surface area contributed by atoms with Crippen LogP contribution >= 0.6 is 0 Å². The summed E-state index contributed by atoms with van der Waals surface area (Å²) in [5, 5.41) is 26.2. The molecule has 5 heterocycles. The highest BCUT2D eigenvalue weighted by molar-refractivity contribution is 6.00. The molecule has 6 bridgehead atoms. The van der Waals surface area contributed by atoms with Gasteiger partial charge in [-0.2, -0.15) is 0 Å². The molecule has 4 N–H and O–H groups in total. The van der Waals surface area contributed by atoms with Crippen LogP contribution in [-0.4, -0.2) is 52.6 Å². The van der Waals surface area contributed by atoms with Crippen molar-refractivity contribution in [2.75, 3.05) is 13.2 Å². The molecule has 1 saturated carbocycles. The molecule has 0 spiro atoms. The van der Waals surface area contributed by atoms with E-state index in [0.29, 0.717) is 48.3 Å². The molecule has 2 unspecified atom stereocenters. The molecule has 39 heavy (non-hydrogen) atoms. The van der Waals surface area contributed by atoms with Crippen molar-refractivity contribution in [1.29, 1.82) is 5.41 Å². The van der Waals surface area contributed by atoms with Crippen LogP contribution < -0.4 is 20.1 Å². The van der Waals surface area contributed by atoms with E-state index >= 15 is 0 Å². The Labute approximate surface area is 227 Å². The third kappa shape index (κ3) is 4.06. The summed E-state index contributed by atoms with van der Waals surface area (Å²) >= 11 is 0. The van der Waals surface area contributed by atoms with Crippen LogP contribution in [0.5, 0.6) is 11.5 Å². The van der Waals surface area contributed by atoms with Crippen LogP contribution in [0.15, 0.2) is 36.4 Å². The zero-order chi connectivity index (χ0) is 26.9. The molecule has 2 fully saturated rings. The van der Waals surface area contributed by atoms with E-state index in [1.54, 1.807) is 23.1 Å². The summed E-state index contributed by atoms with van der Waals surface area (Å²) in [7, 11) is 0. The van der Waals surface area contributed by atoms with E-state index in [0.717, 1.165) is 36.8 Å². The first kappa shape index (κ1) is 24.5. The van der Waals surface area contributed by atoms with E-state index in [1.807, 2.05) is 6.07 Å². The van der Waals surface area contributed by atoms with Gasteiger partial charge in [-0.3, -0.25) is 19.9 Å². The summed E-state index contributed by atoms with van der Waals surface area (Å²) in [5.41, 5.74) is 2.69. The van der Waals surface area contributed by atoms with E-state index in [-0.39, 0.29) is 24.4 Å². The molecule has 8 rings (SSSR count). The molecule has 6 atom stereocenters. The van der Waals surface area contributed by atoms with Gasteiger partial charge in [0.2, 0.25) is 5.91 Å². The van der Waals surface area contributed by atoms with Crippen molar-refractivity contribution in [1.82, 2.24) is 15.5 Å². The molecule has 0 aromatic heterocycles. The predicted molar refractivity (Wildman–Crippen MR) is 143 cm³/mol. The average molecular weight is 531 g/mol. The van der Waals surface area contributed by atoms with Gasteiger partial charge < -0.3 is 25.2 Å². The first-order valence-electron chi connectivity index (χ1n) is 14.1. The fraction of sp³-hybridized carbons (Fsp3) is 0.500. The lowest BCUT2D eigenvalue weighted by Gasteiger charge is -2.46. The van der Waals surface area contributed by atoms with Crippen molar-refractivity contribution >= 4 is 17.8 Å². The van der Waals surface area contributed by atoms with Crippen LogP contribution in [0.25, 0.3) is 0 Å². The molecule has 2 aromatic rings. The highest BCUT2D eigenvalue weighted by Gasteiger charge is 2.47. The molecule has 9 nitrogen and oxygen atoms in total. The van der Waals surface area contributed by atoms with Gasteiger partial charge in [-0.1, -0.05) is 13.0 Å². The second-order valence-electron chi connectivity index (χ2n) is 11.7. The average Bonchev–Trinajstić information content (AvgIpc) is 3.72. The zero-order valence-corrected chi connectivity index (χ0v) is 22.0. The van der Waals surface area contributed by atoms with E-state index in [9.17, 15) is 14.7 Å². The Morgan fingerprint density at radius 2 is 1.92 bits per heavy atom. The van der Waals surface area contributed by atoms with Gasteiger partial charge in [0.25, 0.3) is 5.91 Å². The van der Waals surface area contributed by atoms with Crippen LogP contribution in [0, 0.1) is 11.3 Å². The van der Waals surface area contributed by atoms with Crippen LogP contribution in [-0.2, 0) is 4.79 Å². The Hall–Kier alpha value is -3.59. The summed E-state index contributed by atoms with van der Waals surface area (Å²) in [5.74, 6) is 1.94. The second kappa shape index (κ2) is 8.98. The first-order valence-corrected chi connectivity index (χ1v) is 14.1. The number of amides is 2. The largest absolute Gasteiger partial charge is 0.493 e. The second-order valence-corrected chi connectivity index (χ2v) is 11.7. The normalized spacial score (nSPS) is 33.0. The zero-order valence-electron chi connectivity index (χ0n) is 22.0. The van der Waals surface area contributed by atoms with Gasteiger partial charge in [-0.15, -0.1) is 0 Å². The molecular weight excluding hydrogens is 496 g/mol. The molecule has 6 aliphatic rings. The third-order valence-electron chi connectivity index (χ3n) is 9.45. The number of carbonyl (C=O) groups excluding carboxylic acids is 2. The summed E-state index contributed by atoms with van der Waals surface area (Å²) in [4.78, 5) is 28.8. The summed E-state index contributed by atoms with van der Waals surface area (Å²) in [6, 6.07) is 10.4. The highest BCUT2D eigenvalue weighted by atomic mass is 16.5. The molecule has 1 saturated heterocycles. The van der Waals surface area contributed by atoms with E-state index in [2.05, 4.69) is 29.7 Å². The van der Waals surface area contributed by atoms with Crippen LogP contribution in [0.3, 0.4) is 0 Å². The maximum atomic E-state index is 13.7. The maximum absolute atomic E-state index is 13.7. The molecule has 1 aliphatic carbocycles.